The van der Waals surface area contributed by atoms with Crippen LogP contribution >= 0.6 is 0 Å². The molecule has 0 spiro atoms. The number of carbonyl (C=O) groups is 1. The number of hydrogen-bond acceptors (Lipinski definition) is 4. The summed E-state index contributed by atoms with van der Waals surface area (Å²) in [6.07, 6.45) is 2.23. The van der Waals surface area contributed by atoms with Gasteiger partial charge in [-0.15, -0.1) is 0 Å². The summed E-state index contributed by atoms with van der Waals surface area (Å²) >= 11 is 0. The molecule has 0 radical (unpaired) electrons. The second-order valence-electron chi connectivity index (χ2n) is 6.87. The second-order valence-corrected chi connectivity index (χ2v) is 6.87. The summed E-state index contributed by atoms with van der Waals surface area (Å²) in [6.45, 7) is 5.96. The Bertz CT molecular complexity index is 927. The lowest BCUT2D eigenvalue weighted by atomic mass is 10.2. The van der Waals surface area contributed by atoms with Crippen molar-refractivity contribution in [2.45, 2.75) is 19.9 Å². The van der Waals surface area contributed by atoms with Gasteiger partial charge >= 0.3 is 0 Å². The van der Waals surface area contributed by atoms with Crippen molar-refractivity contribution in [2.75, 3.05) is 36.5 Å². The number of aromatic nitrogens is 2. The van der Waals surface area contributed by atoms with E-state index in [-0.39, 0.29) is 5.91 Å². The van der Waals surface area contributed by atoms with E-state index in [0.29, 0.717) is 13.0 Å². The highest BCUT2D eigenvalue weighted by Gasteiger charge is 2.11. The number of nitrogens with zero attached hydrogens (tertiary/aromatic N) is 3. The van der Waals surface area contributed by atoms with Crippen LogP contribution in [0.5, 0.6) is 0 Å². The van der Waals surface area contributed by atoms with E-state index < -0.39 is 0 Å². The van der Waals surface area contributed by atoms with E-state index in [1.807, 2.05) is 35.1 Å². The van der Waals surface area contributed by atoms with Crippen LogP contribution in [0, 0.1) is 6.92 Å². The smallest absolute Gasteiger partial charge is 0.226 e. The van der Waals surface area contributed by atoms with Crippen molar-refractivity contribution in [3.05, 3.63) is 54.2 Å². The third-order valence-electron chi connectivity index (χ3n) is 4.88. The fourth-order valence-corrected chi connectivity index (χ4v) is 3.37. The van der Waals surface area contributed by atoms with Gasteiger partial charge in [0.1, 0.15) is 0 Å². The number of nitrogens with one attached hydrogen (secondary N) is 1. The Balaban J connectivity index is 1.34. The summed E-state index contributed by atoms with van der Waals surface area (Å²) in [4.78, 5) is 14.6. The van der Waals surface area contributed by atoms with Crippen LogP contribution in [0.1, 0.15) is 12.0 Å². The van der Waals surface area contributed by atoms with Gasteiger partial charge in [0.25, 0.3) is 0 Å². The molecular formula is C21H24N4O2. The Morgan fingerprint density at radius 2 is 1.93 bits per heavy atom. The molecule has 6 heteroatoms. The molecule has 1 fully saturated rings. The van der Waals surface area contributed by atoms with Gasteiger partial charge in [-0.25, -0.2) is 0 Å². The van der Waals surface area contributed by atoms with Crippen molar-refractivity contribution in [2.24, 2.45) is 0 Å². The predicted molar refractivity (Wildman–Crippen MR) is 107 cm³/mol. The summed E-state index contributed by atoms with van der Waals surface area (Å²) in [5.41, 5.74) is 4.24. The van der Waals surface area contributed by atoms with Gasteiger partial charge in [-0.1, -0.05) is 12.1 Å². The maximum absolute atomic E-state index is 12.3. The molecular weight excluding hydrogens is 340 g/mol. The average Bonchev–Trinajstić information content (AvgIpc) is 3.10. The van der Waals surface area contributed by atoms with E-state index in [1.54, 1.807) is 0 Å². The first kappa shape index (κ1) is 17.5. The number of benzene rings is 2. The number of hydrogen-bond donors (Lipinski definition) is 1. The minimum Gasteiger partial charge on any atom is -0.378 e. The molecule has 0 atom stereocenters. The number of aryl methyl sites for hydroxylation is 2. The Labute approximate surface area is 158 Å². The highest BCUT2D eigenvalue weighted by molar-refractivity contribution is 5.91. The molecule has 1 N–H and O–H groups in total. The van der Waals surface area contributed by atoms with Crippen molar-refractivity contribution in [1.82, 2.24) is 9.78 Å². The third kappa shape index (κ3) is 4.11. The van der Waals surface area contributed by atoms with Crippen LogP contribution in [0.4, 0.5) is 11.4 Å². The number of rotatable bonds is 5. The molecule has 140 valence electrons. The Morgan fingerprint density at radius 1 is 1.15 bits per heavy atom. The van der Waals surface area contributed by atoms with Gasteiger partial charge in [-0.2, -0.15) is 5.10 Å². The maximum Gasteiger partial charge on any atom is 0.226 e. The van der Waals surface area contributed by atoms with Crippen LogP contribution in [-0.4, -0.2) is 42.0 Å². The van der Waals surface area contributed by atoms with Crippen molar-refractivity contribution in [1.29, 1.82) is 0 Å². The fourth-order valence-electron chi connectivity index (χ4n) is 3.37. The van der Waals surface area contributed by atoms with E-state index in [1.165, 1.54) is 5.56 Å². The minimum absolute atomic E-state index is 0.00887. The first-order valence-electron chi connectivity index (χ1n) is 9.34. The van der Waals surface area contributed by atoms with Gasteiger partial charge in [0.05, 0.1) is 31.5 Å². The monoisotopic (exact) mass is 364 g/mol. The summed E-state index contributed by atoms with van der Waals surface area (Å²) in [5.74, 6) is -0.00887. The van der Waals surface area contributed by atoms with E-state index in [4.69, 9.17) is 4.74 Å². The van der Waals surface area contributed by atoms with Crippen molar-refractivity contribution < 1.29 is 9.53 Å². The van der Waals surface area contributed by atoms with Gasteiger partial charge in [-0.3, -0.25) is 9.48 Å². The summed E-state index contributed by atoms with van der Waals surface area (Å²) in [7, 11) is 0. The second kappa shape index (κ2) is 7.80. The zero-order valence-electron chi connectivity index (χ0n) is 15.5. The van der Waals surface area contributed by atoms with Crippen LogP contribution in [0.2, 0.25) is 0 Å². The standard InChI is InChI=1S/C21H24N4O2/c1-16-2-3-17-15-22-25(20(17)14-16)9-8-21(26)23-18-4-6-19(7-5-18)24-10-12-27-13-11-24/h2-7,14-15H,8-13H2,1H3,(H,23,26). The van der Waals surface area contributed by atoms with Gasteiger partial charge in [0, 0.05) is 36.3 Å². The van der Waals surface area contributed by atoms with E-state index in [0.717, 1.165) is 48.6 Å². The quantitative estimate of drug-likeness (QED) is 0.755. The van der Waals surface area contributed by atoms with Crippen molar-refractivity contribution in [3.63, 3.8) is 0 Å². The molecule has 1 aliphatic rings. The average molecular weight is 364 g/mol. The van der Waals surface area contributed by atoms with Crippen molar-refractivity contribution in [3.8, 4) is 0 Å². The number of amides is 1. The number of morpholine rings is 1. The molecule has 4 rings (SSSR count). The van der Waals surface area contributed by atoms with E-state index >= 15 is 0 Å². The van der Waals surface area contributed by atoms with Crippen molar-refractivity contribution >= 4 is 28.2 Å². The molecule has 0 saturated carbocycles. The molecule has 2 heterocycles. The molecule has 0 aliphatic carbocycles. The predicted octanol–water partition coefficient (Wildman–Crippen LogP) is 3.21. The highest BCUT2D eigenvalue weighted by Crippen LogP contribution is 2.19. The summed E-state index contributed by atoms with van der Waals surface area (Å²) < 4.78 is 7.27. The van der Waals surface area contributed by atoms with Crippen LogP contribution in [0.15, 0.2) is 48.7 Å². The summed E-state index contributed by atoms with van der Waals surface area (Å²) in [6, 6.07) is 14.2. The molecule has 0 bridgehead atoms. The first-order valence-corrected chi connectivity index (χ1v) is 9.34. The van der Waals surface area contributed by atoms with E-state index in [2.05, 4.69) is 40.4 Å². The Morgan fingerprint density at radius 3 is 2.70 bits per heavy atom. The molecule has 0 unspecified atom stereocenters. The third-order valence-corrected chi connectivity index (χ3v) is 4.88. The zero-order valence-corrected chi connectivity index (χ0v) is 15.5. The van der Waals surface area contributed by atoms with E-state index in [9.17, 15) is 4.79 Å². The highest BCUT2D eigenvalue weighted by atomic mass is 16.5. The van der Waals surface area contributed by atoms with Crippen LogP contribution < -0.4 is 10.2 Å². The Kier molecular flexibility index (Phi) is 5.07. The molecule has 1 aliphatic heterocycles. The minimum atomic E-state index is -0.00887. The first-order chi connectivity index (χ1) is 13.2. The summed E-state index contributed by atoms with van der Waals surface area (Å²) in [5, 5.41) is 8.47. The normalized spacial score (nSPS) is 14.5. The molecule has 2 aromatic carbocycles. The molecule has 1 aromatic heterocycles. The lowest BCUT2D eigenvalue weighted by Gasteiger charge is -2.28. The number of anilines is 2. The Hall–Kier alpha value is -2.86. The van der Waals surface area contributed by atoms with Gasteiger partial charge in [-0.05, 0) is 42.8 Å². The molecule has 1 amide bonds. The zero-order chi connectivity index (χ0) is 18.6. The lowest BCUT2D eigenvalue weighted by Crippen LogP contribution is -2.36. The van der Waals surface area contributed by atoms with Crippen LogP contribution in [-0.2, 0) is 16.1 Å². The molecule has 1 saturated heterocycles. The van der Waals surface area contributed by atoms with Gasteiger partial charge in [0.15, 0.2) is 0 Å². The topological polar surface area (TPSA) is 59.4 Å². The maximum atomic E-state index is 12.3. The van der Waals surface area contributed by atoms with Crippen LogP contribution in [0.3, 0.4) is 0 Å². The SMILES string of the molecule is Cc1ccc2cnn(CCC(=O)Nc3ccc(N4CCOCC4)cc3)c2c1. The van der Waals surface area contributed by atoms with Gasteiger partial charge < -0.3 is 15.0 Å². The molecule has 6 nitrogen and oxygen atoms in total. The largest absolute Gasteiger partial charge is 0.378 e. The number of fused-ring (bicyclic) bond motifs is 1. The number of carbonyl (C=O) groups excluding carboxylic acids is 1. The number of ether oxygens (including phenoxy) is 1. The fraction of sp³-hybridized carbons (Fsp3) is 0.333. The lowest BCUT2D eigenvalue weighted by molar-refractivity contribution is -0.116. The van der Waals surface area contributed by atoms with Gasteiger partial charge in [0.2, 0.25) is 5.91 Å². The molecule has 27 heavy (non-hydrogen) atoms. The molecule has 3 aromatic rings. The van der Waals surface area contributed by atoms with Crippen LogP contribution in [0.25, 0.3) is 10.9 Å².